The van der Waals surface area contributed by atoms with Crippen molar-refractivity contribution in [2.45, 2.75) is 13.5 Å². The number of rotatable bonds is 5. The molecule has 0 fully saturated rings. The number of nitrogens with one attached hydrogen (secondary N) is 1. The summed E-state index contributed by atoms with van der Waals surface area (Å²) in [5, 5.41) is 26.3. The van der Waals surface area contributed by atoms with Crippen LogP contribution < -0.4 is 5.32 Å². The fourth-order valence-corrected chi connectivity index (χ4v) is 1.64. The van der Waals surface area contributed by atoms with E-state index in [9.17, 15) is 14.9 Å². The lowest BCUT2D eigenvalue weighted by Gasteiger charge is -2.06. The first kappa shape index (κ1) is 13.5. The van der Waals surface area contributed by atoms with Gasteiger partial charge in [0, 0.05) is 6.92 Å². The summed E-state index contributed by atoms with van der Waals surface area (Å²) >= 11 is 0. The highest BCUT2D eigenvalue weighted by atomic mass is 16.6. The Balaban J connectivity index is 2.29. The van der Waals surface area contributed by atoms with E-state index >= 15 is 0 Å². The number of aryl methyl sites for hydroxylation is 1. The van der Waals surface area contributed by atoms with Crippen LogP contribution >= 0.6 is 0 Å². The summed E-state index contributed by atoms with van der Waals surface area (Å²) in [4.78, 5) is 25.2. The van der Waals surface area contributed by atoms with Crippen LogP contribution in [0.25, 0.3) is 0 Å². The summed E-state index contributed by atoms with van der Waals surface area (Å²) in [5.41, 5.74) is -0.804. The van der Waals surface area contributed by atoms with Crippen LogP contribution in [0, 0.1) is 17.0 Å². The smallest absolute Gasteiger partial charge is 0.342 e. The molecule has 0 atom stereocenters. The van der Waals surface area contributed by atoms with Crippen LogP contribution in [0.2, 0.25) is 0 Å². The number of carbonyl (C=O) groups is 1. The monoisotopic (exact) mass is 278 g/mol. The van der Waals surface area contributed by atoms with E-state index in [1.54, 1.807) is 6.92 Å². The SMILES string of the molecule is Cc1nc(CNc2cccc(C(=O)O)c2[N+](=O)[O-])no1. The summed E-state index contributed by atoms with van der Waals surface area (Å²) in [5.74, 6) is -0.677. The first-order valence-electron chi connectivity index (χ1n) is 5.53. The van der Waals surface area contributed by atoms with Gasteiger partial charge >= 0.3 is 11.7 Å². The second-order valence-electron chi connectivity index (χ2n) is 3.85. The number of benzene rings is 1. The van der Waals surface area contributed by atoms with E-state index < -0.39 is 16.6 Å². The standard InChI is InChI=1S/C11H10N4O5/c1-6-13-9(14-20-6)5-12-8-4-2-3-7(11(16)17)10(8)15(18)19/h2-4,12H,5H2,1H3,(H,16,17). The van der Waals surface area contributed by atoms with Gasteiger partial charge in [0.2, 0.25) is 5.89 Å². The third-order valence-electron chi connectivity index (χ3n) is 2.46. The molecule has 0 unspecified atom stereocenters. The van der Waals surface area contributed by atoms with E-state index in [2.05, 4.69) is 15.5 Å². The summed E-state index contributed by atoms with van der Waals surface area (Å²) in [6, 6.07) is 4.00. The van der Waals surface area contributed by atoms with Gasteiger partial charge in [0.25, 0.3) is 0 Å². The molecular formula is C11H10N4O5. The number of nitro groups is 1. The lowest BCUT2D eigenvalue weighted by atomic mass is 10.1. The number of carboxylic acids is 1. The predicted molar refractivity (Wildman–Crippen MR) is 66.4 cm³/mol. The van der Waals surface area contributed by atoms with Crippen LogP contribution in [-0.2, 0) is 6.54 Å². The van der Waals surface area contributed by atoms with Crippen molar-refractivity contribution in [3.8, 4) is 0 Å². The molecule has 2 N–H and O–H groups in total. The van der Waals surface area contributed by atoms with Gasteiger partial charge in [0.1, 0.15) is 11.3 Å². The fraction of sp³-hybridized carbons (Fsp3) is 0.182. The van der Waals surface area contributed by atoms with Crippen LogP contribution in [0.3, 0.4) is 0 Å². The summed E-state index contributed by atoms with van der Waals surface area (Å²) in [6.07, 6.45) is 0. The lowest BCUT2D eigenvalue weighted by molar-refractivity contribution is -0.384. The van der Waals surface area contributed by atoms with Crippen LogP contribution in [0.1, 0.15) is 22.1 Å². The first-order valence-corrected chi connectivity index (χ1v) is 5.53. The number of nitro benzene ring substituents is 1. The number of nitrogens with zero attached hydrogens (tertiary/aromatic N) is 3. The molecule has 0 aliphatic carbocycles. The van der Waals surface area contributed by atoms with Crippen molar-refractivity contribution in [1.82, 2.24) is 10.1 Å². The third kappa shape index (κ3) is 2.71. The minimum absolute atomic E-state index is 0.0809. The Labute approximate surface area is 112 Å². The maximum atomic E-state index is 11.0. The summed E-state index contributed by atoms with van der Waals surface area (Å²) in [7, 11) is 0. The average Bonchev–Trinajstić information content (AvgIpc) is 2.81. The van der Waals surface area contributed by atoms with Crippen LogP contribution in [0.5, 0.6) is 0 Å². The zero-order valence-corrected chi connectivity index (χ0v) is 10.4. The molecule has 2 rings (SSSR count). The molecule has 0 saturated heterocycles. The van der Waals surface area contributed by atoms with E-state index in [0.717, 1.165) is 0 Å². The zero-order valence-electron chi connectivity index (χ0n) is 10.4. The molecule has 1 aromatic heterocycles. The van der Waals surface area contributed by atoms with Crippen molar-refractivity contribution in [2.75, 3.05) is 5.32 Å². The molecule has 0 saturated carbocycles. The van der Waals surface area contributed by atoms with Crippen molar-refractivity contribution in [2.24, 2.45) is 0 Å². The zero-order chi connectivity index (χ0) is 14.7. The first-order chi connectivity index (χ1) is 9.49. The van der Waals surface area contributed by atoms with Gasteiger partial charge in [-0.2, -0.15) is 4.98 Å². The quantitative estimate of drug-likeness (QED) is 0.622. The van der Waals surface area contributed by atoms with Crippen molar-refractivity contribution < 1.29 is 19.3 Å². The molecule has 0 amide bonds. The Morgan fingerprint density at radius 1 is 1.55 bits per heavy atom. The number of aromatic carboxylic acids is 1. The number of hydrogen-bond acceptors (Lipinski definition) is 7. The molecule has 20 heavy (non-hydrogen) atoms. The normalized spacial score (nSPS) is 10.2. The van der Waals surface area contributed by atoms with E-state index in [0.29, 0.717) is 11.7 Å². The molecule has 0 spiro atoms. The molecule has 0 radical (unpaired) electrons. The highest BCUT2D eigenvalue weighted by molar-refractivity contribution is 5.95. The van der Waals surface area contributed by atoms with Crippen molar-refractivity contribution >= 4 is 17.3 Å². The molecule has 0 aliphatic heterocycles. The van der Waals surface area contributed by atoms with E-state index in [-0.39, 0.29) is 17.8 Å². The second-order valence-corrected chi connectivity index (χ2v) is 3.85. The Hall–Kier alpha value is -2.97. The molecule has 1 heterocycles. The fourth-order valence-electron chi connectivity index (χ4n) is 1.64. The molecule has 9 heteroatoms. The Morgan fingerprint density at radius 2 is 2.30 bits per heavy atom. The van der Waals surface area contributed by atoms with Crippen molar-refractivity contribution in [3.05, 3.63) is 45.6 Å². The molecule has 104 valence electrons. The average molecular weight is 278 g/mol. The molecular weight excluding hydrogens is 268 g/mol. The summed E-state index contributed by atoms with van der Waals surface area (Å²) < 4.78 is 4.76. The third-order valence-corrected chi connectivity index (χ3v) is 2.46. The minimum atomic E-state index is -1.37. The number of aromatic nitrogens is 2. The molecule has 0 aliphatic rings. The van der Waals surface area contributed by atoms with Crippen LogP contribution in [0.15, 0.2) is 22.7 Å². The van der Waals surface area contributed by atoms with E-state index in [4.69, 9.17) is 9.63 Å². The highest BCUT2D eigenvalue weighted by Crippen LogP contribution is 2.28. The minimum Gasteiger partial charge on any atom is -0.477 e. The number of carboxylic acid groups (broad SMARTS) is 1. The number of hydrogen-bond donors (Lipinski definition) is 2. The van der Waals surface area contributed by atoms with Crippen molar-refractivity contribution in [1.29, 1.82) is 0 Å². The lowest BCUT2D eigenvalue weighted by Crippen LogP contribution is -2.08. The van der Waals surface area contributed by atoms with Gasteiger partial charge < -0.3 is 14.9 Å². The van der Waals surface area contributed by atoms with Gasteiger partial charge in [-0.15, -0.1) is 0 Å². The van der Waals surface area contributed by atoms with E-state index in [1.165, 1.54) is 18.2 Å². The molecule has 9 nitrogen and oxygen atoms in total. The number of anilines is 1. The Kier molecular flexibility index (Phi) is 3.60. The van der Waals surface area contributed by atoms with Gasteiger partial charge in [0.05, 0.1) is 11.5 Å². The molecule has 2 aromatic rings. The topological polar surface area (TPSA) is 131 Å². The predicted octanol–water partition coefficient (Wildman–Crippen LogP) is 1.60. The number of para-hydroxylation sites is 1. The van der Waals surface area contributed by atoms with Gasteiger partial charge in [-0.3, -0.25) is 10.1 Å². The van der Waals surface area contributed by atoms with Gasteiger partial charge in [0.15, 0.2) is 5.82 Å². The Morgan fingerprint density at radius 3 is 2.85 bits per heavy atom. The van der Waals surface area contributed by atoms with Crippen molar-refractivity contribution in [3.63, 3.8) is 0 Å². The highest BCUT2D eigenvalue weighted by Gasteiger charge is 2.24. The Bertz CT molecular complexity index is 667. The van der Waals surface area contributed by atoms with Gasteiger partial charge in [-0.05, 0) is 12.1 Å². The van der Waals surface area contributed by atoms with Gasteiger partial charge in [-0.1, -0.05) is 11.2 Å². The molecule has 0 bridgehead atoms. The van der Waals surface area contributed by atoms with Crippen LogP contribution in [-0.4, -0.2) is 26.1 Å². The maximum absolute atomic E-state index is 11.0. The van der Waals surface area contributed by atoms with Crippen LogP contribution in [0.4, 0.5) is 11.4 Å². The van der Waals surface area contributed by atoms with E-state index in [1.807, 2.05) is 0 Å². The van der Waals surface area contributed by atoms with Gasteiger partial charge in [-0.25, -0.2) is 4.79 Å². The second kappa shape index (κ2) is 5.34. The summed E-state index contributed by atoms with van der Waals surface area (Å²) in [6.45, 7) is 1.70. The molecule has 1 aromatic carbocycles. The largest absolute Gasteiger partial charge is 0.477 e. The maximum Gasteiger partial charge on any atom is 0.342 e.